The fraction of sp³-hybridized carbons (Fsp3) is 0.571. The molecule has 0 aliphatic carbocycles. The second kappa shape index (κ2) is 6.50. The first kappa shape index (κ1) is 14.6. The molecule has 0 aliphatic rings. The number of nitrogen functional groups attached to an aromatic ring is 1. The number of anilines is 2. The Kier molecular flexibility index (Phi) is 5.28. The number of ether oxygens (including phenoxy) is 2. The normalized spacial score (nSPS) is 11.3. The molecule has 0 radical (unpaired) electrons. The van der Waals surface area contributed by atoms with Crippen molar-refractivity contribution >= 4 is 11.4 Å². The van der Waals surface area contributed by atoms with Crippen LogP contribution in [0.1, 0.15) is 27.7 Å². The first-order chi connectivity index (χ1) is 8.48. The van der Waals surface area contributed by atoms with Crippen molar-refractivity contribution in [2.45, 2.75) is 33.3 Å². The zero-order chi connectivity index (χ0) is 13.6. The van der Waals surface area contributed by atoms with Crippen LogP contribution in [0.2, 0.25) is 0 Å². The quantitative estimate of drug-likeness (QED) is 0.733. The summed E-state index contributed by atoms with van der Waals surface area (Å²) in [5.74, 6) is 0.719. The summed E-state index contributed by atoms with van der Waals surface area (Å²) >= 11 is 0. The molecule has 0 atom stereocenters. The third-order valence-electron chi connectivity index (χ3n) is 2.57. The Bertz CT molecular complexity index is 378. The molecule has 0 saturated heterocycles. The van der Waals surface area contributed by atoms with Gasteiger partial charge in [0.1, 0.15) is 5.75 Å². The van der Waals surface area contributed by atoms with Crippen LogP contribution in [0.3, 0.4) is 0 Å². The topological polar surface area (TPSA) is 56.5 Å². The zero-order valence-electron chi connectivity index (χ0n) is 11.7. The van der Waals surface area contributed by atoms with Crippen LogP contribution in [0.5, 0.6) is 5.75 Å². The average Bonchev–Trinajstić information content (AvgIpc) is 2.30. The van der Waals surface area contributed by atoms with Crippen molar-refractivity contribution in [1.29, 1.82) is 0 Å². The Hall–Kier alpha value is -1.42. The molecule has 0 bridgehead atoms. The molecule has 0 saturated carbocycles. The van der Waals surface area contributed by atoms with Gasteiger partial charge in [-0.1, -0.05) is 0 Å². The predicted molar refractivity (Wildman–Crippen MR) is 76.2 cm³/mol. The summed E-state index contributed by atoms with van der Waals surface area (Å²) in [5, 5.41) is 3.34. The molecule has 1 aromatic carbocycles. The van der Waals surface area contributed by atoms with E-state index in [-0.39, 0.29) is 5.60 Å². The number of nitrogens with one attached hydrogen (secondary N) is 1. The minimum atomic E-state index is -0.193. The van der Waals surface area contributed by atoms with Gasteiger partial charge in [-0.15, -0.1) is 0 Å². The molecule has 0 aromatic heterocycles. The molecule has 102 valence electrons. The summed E-state index contributed by atoms with van der Waals surface area (Å²) in [7, 11) is 0. The highest BCUT2D eigenvalue weighted by atomic mass is 16.5. The highest BCUT2D eigenvalue weighted by Gasteiger charge is 2.17. The van der Waals surface area contributed by atoms with E-state index >= 15 is 0 Å². The molecule has 4 heteroatoms. The maximum absolute atomic E-state index is 5.83. The fourth-order valence-electron chi connectivity index (χ4n) is 1.68. The lowest BCUT2D eigenvalue weighted by Crippen LogP contribution is -2.33. The van der Waals surface area contributed by atoms with Gasteiger partial charge >= 0.3 is 0 Å². The van der Waals surface area contributed by atoms with E-state index in [9.17, 15) is 0 Å². The van der Waals surface area contributed by atoms with E-state index in [1.165, 1.54) is 0 Å². The van der Waals surface area contributed by atoms with E-state index < -0.39 is 0 Å². The molecule has 4 nitrogen and oxygen atoms in total. The van der Waals surface area contributed by atoms with Crippen LogP contribution < -0.4 is 15.8 Å². The van der Waals surface area contributed by atoms with Crippen molar-refractivity contribution in [3.05, 3.63) is 18.2 Å². The van der Waals surface area contributed by atoms with Crippen LogP contribution in [-0.2, 0) is 4.74 Å². The molecular weight excluding hydrogens is 228 g/mol. The van der Waals surface area contributed by atoms with Gasteiger partial charge in [0.25, 0.3) is 0 Å². The standard InChI is InChI=1S/C14H24N2O2/c1-5-17-13-9-11(7-8-12(13)15)16-10-14(3,4)18-6-2/h7-9,16H,5-6,10,15H2,1-4H3. The maximum Gasteiger partial charge on any atom is 0.144 e. The van der Waals surface area contributed by atoms with Crippen molar-refractivity contribution in [1.82, 2.24) is 0 Å². The lowest BCUT2D eigenvalue weighted by Gasteiger charge is -2.25. The van der Waals surface area contributed by atoms with Crippen LogP contribution in [0.4, 0.5) is 11.4 Å². The minimum Gasteiger partial charge on any atom is -0.492 e. The van der Waals surface area contributed by atoms with Crippen LogP contribution in [0.15, 0.2) is 18.2 Å². The van der Waals surface area contributed by atoms with Gasteiger partial charge in [0.15, 0.2) is 0 Å². The van der Waals surface area contributed by atoms with Crippen molar-refractivity contribution < 1.29 is 9.47 Å². The third kappa shape index (κ3) is 4.45. The Balaban J connectivity index is 2.65. The largest absolute Gasteiger partial charge is 0.492 e. The van der Waals surface area contributed by atoms with Crippen LogP contribution in [0, 0.1) is 0 Å². The first-order valence-corrected chi connectivity index (χ1v) is 6.38. The lowest BCUT2D eigenvalue weighted by atomic mass is 10.1. The van der Waals surface area contributed by atoms with Crippen LogP contribution >= 0.6 is 0 Å². The van der Waals surface area contributed by atoms with Crippen molar-refractivity contribution in [3.8, 4) is 5.75 Å². The molecule has 0 fully saturated rings. The van der Waals surface area contributed by atoms with Crippen LogP contribution in [-0.4, -0.2) is 25.4 Å². The zero-order valence-corrected chi connectivity index (χ0v) is 11.7. The second-order valence-corrected chi connectivity index (χ2v) is 4.73. The summed E-state index contributed by atoms with van der Waals surface area (Å²) in [6.07, 6.45) is 0. The van der Waals surface area contributed by atoms with E-state index in [1.807, 2.05) is 32.0 Å². The van der Waals surface area contributed by atoms with E-state index in [1.54, 1.807) is 0 Å². The highest BCUT2D eigenvalue weighted by molar-refractivity contribution is 5.61. The molecule has 1 rings (SSSR count). The Morgan fingerprint density at radius 3 is 2.56 bits per heavy atom. The smallest absolute Gasteiger partial charge is 0.144 e. The van der Waals surface area contributed by atoms with Gasteiger partial charge in [-0.05, 0) is 39.8 Å². The SMILES string of the molecule is CCOc1cc(NCC(C)(C)OCC)ccc1N. The molecule has 0 aliphatic heterocycles. The Morgan fingerprint density at radius 1 is 1.22 bits per heavy atom. The average molecular weight is 252 g/mol. The molecule has 0 heterocycles. The van der Waals surface area contributed by atoms with E-state index in [2.05, 4.69) is 19.2 Å². The Labute approximate surface area is 109 Å². The van der Waals surface area contributed by atoms with Gasteiger partial charge in [0.05, 0.1) is 17.9 Å². The summed E-state index contributed by atoms with van der Waals surface area (Å²) in [6.45, 7) is 10.1. The minimum absolute atomic E-state index is 0.193. The fourth-order valence-corrected chi connectivity index (χ4v) is 1.68. The first-order valence-electron chi connectivity index (χ1n) is 6.38. The monoisotopic (exact) mass is 252 g/mol. The van der Waals surface area contributed by atoms with Crippen LogP contribution in [0.25, 0.3) is 0 Å². The van der Waals surface area contributed by atoms with E-state index in [0.717, 1.165) is 18.0 Å². The number of hydrogen-bond donors (Lipinski definition) is 2. The number of benzene rings is 1. The maximum atomic E-state index is 5.83. The molecular formula is C14H24N2O2. The summed E-state index contributed by atoms with van der Waals surface area (Å²) in [6, 6.07) is 5.71. The van der Waals surface area contributed by atoms with E-state index in [4.69, 9.17) is 15.2 Å². The lowest BCUT2D eigenvalue weighted by molar-refractivity contribution is 0.000695. The van der Waals surface area contributed by atoms with Gasteiger partial charge in [0.2, 0.25) is 0 Å². The molecule has 3 N–H and O–H groups in total. The molecule has 1 aromatic rings. The Morgan fingerprint density at radius 2 is 1.94 bits per heavy atom. The van der Waals surface area contributed by atoms with Crippen molar-refractivity contribution in [3.63, 3.8) is 0 Å². The summed E-state index contributed by atoms with van der Waals surface area (Å²) in [4.78, 5) is 0. The van der Waals surface area contributed by atoms with Gasteiger partial charge < -0.3 is 20.5 Å². The molecule has 0 spiro atoms. The van der Waals surface area contributed by atoms with Gasteiger partial charge in [0, 0.05) is 24.9 Å². The van der Waals surface area contributed by atoms with Gasteiger partial charge in [-0.3, -0.25) is 0 Å². The third-order valence-corrected chi connectivity index (χ3v) is 2.57. The van der Waals surface area contributed by atoms with Gasteiger partial charge in [-0.2, -0.15) is 0 Å². The summed E-state index contributed by atoms with van der Waals surface area (Å²) < 4.78 is 11.1. The predicted octanol–water partition coefficient (Wildman–Crippen LogP) is 2.89. The van der Waals surface area contributed by atoms with Gasteiger partial charge in [-0.25, -0.2) is 0 Å². The van der Waals surface area contributed by atoms with Crippen molar-refractivity contribution in [2.75, 3.05) is 30.8 Å². The number of rotatable bonds is 7. The van der Waals surface area contributed by atoms with E-state index in [0.29, 0.717) is 18.9 Å². The summed E-state index contributed by atoms with van der Waals surface area (Å²) in [5.41, 5.74) is 7.28. The molecule has 18 heavy (non-hydrogen) atoms. The molecule has 0 unspecified atom stereocenters. The highest BCUT2D eigenvalue weighted by Crippen LogP contribution is 2.26. The second-order valence-electron chi connectivity index (χ2n) is 4.73. The molecule has 0 amide bonds. The number of nitrogens with two attached hydrogens (primary N) is 1. The van der Waals surface area contributed by atoms with Crippen molar-refractivity contribution in [2.24, 2.45) is 0 Å². The number of hydrogen-bond acceptors (Lipinski definition) is 4.